The quantitative estimate of drug-likeness (QED) is 0.755. The summed E-state index contributed by atoms with van der Waals surface area (Å²) < 4.78 is 13.2. The van der Waals surface area contributed by atoms with Crippen molar-refractivity contribution >= 4 is 0 Å². The van der Waals surface area contributed by atoms with E-state index in [9.17, 15) is 4.39 Å². The van der Waals surface area contributed by atoms with E-state index in [4.69, 9.17) is 10.8 Å². The number of phenols is 1. The number of phenolic OH excluding ortho intramolecular Hbond substituents is 1. The Morgan fingerprint density at radius 3 is 2.85 bits per heavy atom. The maximum Gasteiger partial charge on any atom is 0.128 e. The summed E-state index contributed by atoms with van der Waals surface area (Å²) in [5.41, 5.74) is 6.11. The second-order valence-corrected chi connectivity index (χ2v) is 3.10. The summed E-state index contributed by atoms with van der Waals surface area (Å²) in [6.45, 7) is 1.99. The Kier molecular flexibility index (Phi) is 3.25. The van der Waals surface area contributed by atoms with Crippen molar-refractivity contribution in [2.45, 2.75) is 25.8 Å². The molecule has 3 heteroatoms. The van der Waals surface area contributed by atoms with Gasteiger partial charge in [-0.2, -0.15) is 0 Å². The molecule has 0 fully saturated rings. The van der Waals surface area contributed by atoms with Gasteiger partial charge < -0.3 is 10.8 Å². The fraction of sp³-hybridized carbons (Fsp3) is 0.400. The summed E-state index contributed by atoms with van der Waals surface area (Å²) >= 11 is 0. The fourth-order valence-corrected chi connectivity index (χ4v) is 1.28. The van der Waals surface area contributed by atoms with Gasteiger partial charge in [-0.05, 0) is 24.6 Å². The maximum atomic E-state index is 13.2. The van der Waals surface area contributed by atoms with Crippen LogP contribution in [0.4, 0.5) is 4.39 Å². The second kappa shape index (κ2) is 4.23. The zero-order valence-electron chi connectivity index (χ0n) is 7.63. The molecule has 1 atom stereocenters. The maximum absolute atomic E-state index is 13.2. The van der Waals surface area contributed by atoms with Crippen LogP contribution in [-0.4, -0.2) is 5.11 Å². The van der Waals surface area contributed by atoms with Crippen LogP contribution >= 0.6 is 0 Å². The van der Waals surface area contributed by atoms with Crippen molar-refractivity contribution in [1.29, 1.82) is 0 Å². The summed E-state index contributed by atoms with van der Waals surface area (Å²) in [4.78, 5) is 0. The summed E-state index contributed by atoms with van der Waals surface area (Å²) in [7, 11) is 0. The van der Waals surface area contributed by atoms with E-state index in [1.807, 2.05) is 6.92 Å². The van der Waals surface area contributed by atoms with Gasteiger partial charge in [0.15, 0.2) is 0 Å². The highest BCUT2D eigenvalue weighted by Gasteiger charge is 2.10. The van der Waals surface area contributed by atoms with E-state index in [1.54, 1.807) is 0 Å². The van der Waals surface area contributed by atoms with Crippen molar-refractivity contribution in [2.24, 2.45) is 5.73 Å². The van der Waals surface area contributed by atoms with Crippen LogP contribution in [0, 0.1) is 5.82 Å². The minimum atomic E-state index is -0.348. The van der Waals surface area contributed by atoms with Crippen LogP contribution in [0.25, 0.3) is 0 Å². The molecule has 0 heterocycles. The monoisotopic (exact) mass is 183 g/mol. The number of hydrogen-bond donors (Lipinski definition) is 2. The smallest absolute Gasteiger partial charge is 0.128 e. The Balaban J connectivity index is 2.91. The molecule has 0 aliphatic rings. The van der Waals surface area contributed by atoms with Crippen LogP contribution in [0.2, 0.25) is 0 Å². The van der Waals surface area contributed by atoms with Crippen LogP contribution in [0.15, 0.2) is 18.2 Å². The lowest BCUT2D eigenvalue weighted by Gasteiger charge is -2.11. The molecule has 2 nitrogen and oxygen atoms in total. The average molecular weight is 183 g/mol. The molecule has 0 aromatic heterocycles. The van der Waals surface area contributed by atoms with Crippen LogP contribution in [0.1, 0.15) is 31.4 Å². The van der Waals surface area contributed by atoms with Crippen molar-refractivity contribution in [2.75, 3.05) is 0 Å². The topological polar surface area (TPSA) is 46.2 Å². The molecule has 0 bridgehead atoms. The Labute approximate surface area is 77.2 Å². The molecule has 0 aliphatic heterocycles. The van der Waals surface area contributed by atoms with Crippen molar-refractivity contribution in [3.05, 3.63) is 29.6 Å². The molecule has 1 aromatic rings. The first kappa shape index (κ1) is 9.99. The lowest BCUT2D eigenvalue weighted by atomic mass is 10.0. The van der Waals surface area contributed by atoms with Gasteiger partial charge in [-0.25, -0.2) is 4.39 Å². The molecule has 72 valence electrons. The summed E-state index contributed by atoms with van der Waals surface area (Å²) in [6, 6.07) is 3.62. The molecule has 0 radical (unpaired) electrons. The SMILES string of the molecule is CCCC(N)c1cc(O)ccc1F. The Bertz CT molecular complexity index is 288. The Morgan fingerprint density at radius 2 is 2.23 bits per heavy atom. The summed E-state index contributed by atoms with van der Waals surface area (Å²) in [5.74, 6) is -0.290. The first-order valence-corrected chi connectivity index (χ1v) is 4.39. The Morgan fingerprint density at radius 1 is 1.54 bits per heavy atom. The molecular formula is C10H14FNO. The van der Waals surface area contributed by atoms with E-state index in [2.05, 4.69) is 0 Å². The number of benzene rings is 1. The van der Waals surface area contributed by atoms with Crippen LogP contribution in [0.3, 0.4) is 0 Å². The molecule has 1 rings (SSSR count). The van der Waals surface area contributed by atoms with Crippen LogP contribution in [0.5, 0.6) is 5.75 Å². The van der Waals surface area contributed by atoms with Crippen molar-refractivity contribution in [3.63, 3.8) is 0 Å². The van der Waals surface area contributed by atoms with Crippen molar-refractivity contribution in [3.8, 4) is 5.75 Å². The normalized spacial score (nSPS) is 12.8. The van der Waals surface area contributed by atoms with Gasteiger partial charge in [0, 0.05) is 11.6 Å². The van der Waals surface area contributed by atoms with Crippen LogP contribution in [-0.2, 0) is 0 Å². The number of aromatic hydroxyl groups is 1. The first-order chi connectivity index (χ1) is 6.15. The fourth-order valence-electron chi connectivity index (χ4n) is 1.28. The zero-order valence-corrected chi connectivity index (χ0v) is 7.63. The lowest BCUT2D eigenvalue weighted by Crippen LogP contribution is -2.11. The lowest BCUT2D eigenvalue weighted by molar-refractivity contribution is 0.468. The molecule has 0 spiro atoms. The molecule has 1 aromatic carbocycles. The van der Waals surface area contributed by atoms with Gasteiger partial charge in [-0.15, -0.1) is 0 Å². The molecule has 0 aliphatic carbocycles. The second-order valence-electron chi connectivity index (χ2n) is 3.10. The van der Waals surface area contributed by atoms with Gasteiger partial charge >= 0.3 is 0 Å². The van der Waals surface area contributed by atoms with E-state index in [0.717, 1.165) is 12.8 Å². The highest BCUT2D eigenvalue weighted by molar-refractivity contribution is 5.30. The minimum Gasteiger partial charge on any atom is -0.508 e. The standard InChI is InChI=1S/C10H14FNO/c1-2-3-10(12)8-6-7(13)4-5-9(8)11/h4-6,10,13H,2-3,12H2,1H3. The number of nitrogens with two attached hydrogens (primary N) is 1. The third kappa shape index (κ3) is 2.42. The molecule has 1 unspecified atom stereocenters. The third-order valence-electron chi connectivity index (χ3n) is 1.98. The summed E-state index contributed by atoms with van der Waals surface area (Å²) in [6.07, 6.45) is 1.62. The highest BCUT2D eigenvalue weighted by Crippen LogP contribution is 2.22. The largest absolute Gasteiger partial charge is 0.508 e. The first-order valence-electron chi connectivity index (χ1n) is 4.39. The number of halogens is 1. The number of rotatable bonds is 3. The molecule has 13 heavy (non-hydrogen) atoms. The van der Waals surface area contributed by atoms with Gasteiger partial charge in [-0.3, -0.25) is 0 Å². The predicted molar refractivity (Wildman–Crippen MR) is 49.9 cm³/mol. The van der Waals surface area contributed by atoms with Gasteiger partial charge in [0.2, 0.25) is 0 Å². The van der Waals surface area contributed by atoms with Gasteiger partial charge in [0.25, 0.3) is 0 Å². The van der Waals surface area contributed by atoms with Gasteiger partial charge in [-0.1, -0.05) is 13.3 Å². The third-order valence-corrected chi connectivity index (χ3v) is 1.98. The van der Waals surface area contributed by atoms with E-state index >= 15 is 0 Å². The molecular weight excluding hydrogens is 169 g/mol. The van der Waals surface area contributed by atoms with Gasteiger partial charge in [0.1, 0.15) is 11.6 Å². The zero-order chi connectivity index (χ0) is 9.84. The Hall–Kier alpha value is -1.09. The minimum absolute atomic E-state index is 0.0583. The predicted octanol–water partition coefficient (Wildman–Crippen LogP) is 2.33. The van der Waals surface area contributed by atoms with Crippen LogP contribution < -0.4 is 5.73 Å². The molecule has 0 saturated heterocycles. The molecule has 0 saturated carbocycles. The molecule has 0 amide bonds. The van der Waals surface area contributed by atoms with Gasteiger partial charge in [0.05, 0.1) is 0 Å². The number of hydrogen-bond acceptors (Lipinski definition) is 2. The van der Waals surface area contributed by atoms with E-state index in [1.165, 1.54) is 18.2 Å². The molecule has 3 N–H and O–H groups in total. The van der Waals surface area contributed by atoms with E-state index < -0.39 is 0 Å². The van der Waals surface area contributed by atoms with E-state index in [-0.39, 0.29) is 17.6 Å². The average Bonchev–Trinajstić information content (AvgIpc) is 2.09. The summed E-state index contributed by atoms with van der Waals surface area (Å²) in [5, 5.41) is 9.13. The van der Waals surface area contributed by atoms with Crippen molar-refractivity contribution < 1.29 is 9.50 Å². The highest BCUT2D eigenvalue weighted by atomic mass is 19.1. The van der Waals surface area contributed by atoms with E-state index in [0.29, 0.717) is 5.56 Å². The van der Waals surface area contributed by atoms with Crippen molar-refractivity contribution in [1.82, 2.24) is 0 Å².